The van der Waals surface area contributed by atoms with Gasteiger partial charge in [0.05, 0.1) is 18.1 Å². The van der Waals surface area contributed by atoms with E-state index in [0.29, 0.717) is 11.6 Å². The van der Waals surface area contributed by atoms with E-state index >= 15 is 0 Å². The van der Waals surface area contributed by atoms with Gasteiger partial charge in [0, 0.05) is 24.8 Å². The molecule has 3 heterocycles. The number of nitrogens with zero attached hydrogens (tertiary/aromatic N) is 5. The summed E-state index contributed by atoms with van der Waals surface area (Å²) in [7, 11) is 0. The minimum absolute atomic E-state index is 0.125. The van der Waals surface area contributed by atoms with Crippen molar-refractivity contribution < 1.29 is 4.79 Å². The first-order chi connectivity index (χ1) is 9.81. The lowest BCUT2D eigenvalue weighted by Gasteiger charge is -2.06. The summed E-state index contributed by atoms with van der Waals surface area (Å²) in [6.45, 7) is 0.260. The van der Waals surface area contributed by atoms with Gasteiger partial charge in [-0.1, -0.05) is 0 Å². The average Bonchev–Trinajstić information content (AvgIpc) is 3.12. The Balaban J connectivity index is 1.65. The van der Waals surface area contributed by atoms with Crippen LogP contribution >= 0.6 is 0 Å². The van der Waals surface area contributed by atoms with E-state index < -0.39 is 0 Å². The maximum absolute atomic E-state index is 11.8. The Morgan fingerprint density at radius 2 is 1.90 bits per heavy atom. The summed E-state index contributed by atoms with van der Waals surface area (Å²) in [5.74, 6) is 0.381. The van der Waals surface area contributed by atoms with E-state index in [1.54, 1.807) is 40.2 Å². The van der Waals surface area contributed by atoms with E-state index in [9.17, 15) is 4.79 Å². The van der Waals surface area contributed by atoms with Gasteiger partial charge in [0.15, 0.2) is 0 Å². The van der Waals surface area contributed by atoms with Crippen molar-refractivity contribution in [2.24, 2.45) is 0 Å². The molecule has 0 atom stereocenters. The fraction of sp³-hybridized carbons (Fsp3) is 0.0769. The van der Waals surface area contributed by atoms with Gasteiger partial charge in [0.1, 0.15) is 12.9 Å². The first kappa shape index (κ1) is 12.1. The zero-order chi connectivity index (χ0) is 13.8. The van der Waals surface area contributed by atoms with Crippen LogP contribution in [-0.2, 0) is 11.3 Å². The number of carbonyl (C=O) groups excluding carboxylic acids is 1. The van der Waals surface area contributed by atoms with Crippen LogP contribution < -0.4 is 5.32 Å². The maximum Gasteiger partial charge on any atom is 0.244 e. The van der Waals surface area contributed by atoms with E-state index in [-0.39, 0.29) is 12.5 Å². The second-order valence-electron chi connectivity index (χ2n) is 4.15. The van der Waals surface area contributed by atoms with Gasteiger partial charge in [-0.2, -0.15) is 0 Å². The summed E-state index contributed by atoms with van der Waals surface area (Å²) in [4.78, 5) is 24.0. The summed E-state index contributed by atoms with van der Waals surface area (Å²) in [5.41, 5.74) is 0.561. The third-order valence-electron chi connectivity index (χ3n) is 2.65. The van der Waals surface area contributed by atoms with Gasteiger partial charge in [0.2, 0.25) is 11.9 Å². The smallest absolute Gasteiger partial charge is 0.244 e. The monoisotopic (exact) mass is 268 g/mol. The van der Waals surface area contributed by atoms with Crippen molar-refractivity contribution in [3.63, 3.8) is 0 Å². The number of hydrogen-bond donors (Lipinski definition) is 1. The molecule has 3 aromatic heterocycles. The molecule has 3 rings (SSSR count). The third-order valence-corrected chi connectivity index (χ3v) is 2.65. The molecule has 100 valence electrons. The standard InChI is InChI=1S/C13H12N6O/c20-12(9-18-4-1-2-5-18)17-11-7-15-13(16-8-11)19-6-3-14-10-19/h1-8,10H,9H2,(H,17,20). The molecule has 20 heavy (non-hydrogen) atoms. The van der Waals surface area contributed by atoms with E-state index in [4.69, 9.17) is 0 Å². The topological polar surface area (TPSA) is 77.6 Å². The van der Waals surface area contributed by atoms with E-state index in [1.807, 2.05) is 24.5 Å². The molecule has 7 nitrogen and oxygen atoms in total. The molecule has 0 bridgehead atoms. The SMILES string of the molecule is O=C(Cn1cccc1)Nc1cnc(-n2ccnc2)nc1. The number of hydrogen-bond acceptors (Lipinski definition) is 4. The number of aromatic nitrogens is 5. The van der Waals surface area contributed by atoms with Crippen LogP contribution in [0.2, 0.25) is 0 Å². The summed E-state index contributed by atoms with van der Waals surface area (Å²) >= 11 is 0. The predicted octanol–water partition coefficient (Wildman–Crippen LogP) is 1.10. The van der Waals surface area contributed by atoms with E-state index in [0.717, 1.165) is 0 Å². The van der Waals surface area contributed by atoms with Gasteiger partial charge in [-0.05, 0) is 12.1 Å². The highest BCUT2D eigenvalue weighted by atomic mass is 16.1. The summed E-state index contributed by atoms with van der Waals surface area (Å²) in [6, 6.07) is 3.74. The summed E-state index contributed by atoms with van der Waals surface area (Å²) in [6.07, 6.45) is 11.8. The predicted molar refractivity (Wildman–Crippen MR) is 72.2 cm³/mol. The molecule has 0 aliphatic heterocycles. The van der Waals surface area contributed by atoms with Gasteiger partial charge in [-0.25, -0.2) is 15.0 Å². The van der Waals surface area contributed by atoms with Crippen LogP contribution in [-0.4, -0.2) is 30.0 Å². The molecule has 0 aromatic carbocycles. The minimum Gasteiger partial charge on any atom is -0.345 e. The zero-order valence-electron chi connectivity index (χ0n) is 10.5. The lowest BCUT2D eigenvalue weighted by Crippen LogP contribution is -2.18. The highest BCUT2D eigenvalue weighted by Gasteiger charge is 2.04. The largest absolute Gasteiger partial charge is 0.345 e. The van der Waals surface area contributed by atoms with Crippen molar-refractivity contribution >= 4 is 11.6 Å². The molecule has 0 aliphatic carbocycles. The fourth-order valence-electron chi connectivity index (χ4n) is 1.74. The molecular formula is C13H12N6O. The lowest BCUT2D eigenvalue weighted by molar-refractivity contribution is -0.116. The van der Waals surface area contributed by atoms with E-state index in [2.05, 4.69) is 20.3 Å². The highest BCUT2D eigenvalue weighted by molar-refractivity contribution is 5.90. The van der Waals surface area contributed by atoms with Crippen LogP contribution in [0.15, 0.2) is 55.6 Å². The number of amides is 1. The van der Waals surface area contributed by atoms with Crippen LogP contribution in [0, 0.1) is 0 Å². The summed E-state index contributed by atoms with van der Waals surface area (Å²) in [5, 5.41) is 2.74. The van der Waals surface area contributed by atoms with Gasteiger partial charge in [-0.15, -0.1) is 0 Å². The normalized spacial score (nSPS) is 10.4. The Bertz CT molecular complexity index is 672. The van der Waals surface area contributed by atoms with Gasteiger partial charge in [0.25, 0.3) is 0 Å². The first-order valence-electron chi connectivity index (χ1n) is 6.02. The second-order valence-corrected chi connectivity index (χ2v) is 4.15. The Kier molecular flexibility index (Phi) is 3.24. The molecule has 0 saturated carbocycles. The number of imidazole rings is 1. The minimum atomic E-state index is -0.125. The second kappa shape index (κ2) is 5.35. The van der Waals surface area contributed by atoms with E-state index in [1.165, 1.54) is 0 Å². The van der Waals surface area contributed by atoms with Gasteiger partial charge in [-0.3, -0.25) is 9.36 Å². The molecule has 0 fully saturated rings. The summed E-state index contributed by atoms with van der Waals surface area (Å²) < 4.78 is 3.47. The number of carbonyl (C=O) groups is 1. The van der Waals surface area contributed by atoms with Crippen molar-refractivity contribution in [1.29, 1.82) is 0 Å². The van der Waals surface area contributed by atoms with Crippen molar-refractivity contribution in [3.8, 4) is 5.95 Å². The fourth-order valence-corrected chi connectivity index (χ4v) is 1.74. The first-order valence-corrected chi connectivity index (χ1v) is 6.02. The van der Waals surface area contributed by atoms with Crippen LogP contribution in [0.5, 0.6) is 0 Å². The van der Waals surface area contributed by atoms with Crippen LogP contribution in [0.4, 0.5) is 5.69 Å². The quantitative estimate of drug-likeness (QED) is 0.768. The Morgan fingerprint density at radius 3 is 2.55 bits per heavy atom. The Labute approximate surface area is 114 Å². The van der Waals surface area contributed by atoms with Crippen molar-refractivity contribution in [2.75, 3.05) is 5.32 Å². The Morgan fingerprint density at radius 1 is 1.15 bits per heavy atom. The van der Waals surface area contributed by atoms with Gasteiger partial charge < -0.3 is 9.88 Å². The van der Waals surface area contributed by atoms with Crippen molar-refractivity contribution in [3.05, 3.63) is 55.6 Å². The molecule has 0 saturated heterocycles. The van der Waals surface area contributed by atoms with Crippen molar-refractivity contribution in [2.45, 2.75) is 6.54 Å². The Hall–Kier alpha value is -2.96. The molecule has 0 aliphatic rings. The van der Waals surface area contributed by atoms with Crippen molar-refractivity contribution in [1.82, 2.24) is 24.1 Å². The molecule has 0 radical (unpaired) electrons. The number of rotatable bonds is 4. The van der Waals surface area contributed by atoms with Crippen LogP contribution in [0.25, 0.3) is 5.95 Å². The molecule has 1 amide bonds. The molecule has 0 unspecified atom stereocenters. The maximum atomic E-state index is 11.8. The highest BCUT2D eigenvalue weighted by Crippen LogP contribution is 2.06. The van der Waals surface area contributed by atoms with Crippen LogP contribution in [0.3, 0.4) is 0 Å². The van der Waals surface area contributed by atoms with Gasteiger partial charge >= 0.3 is 0 Å². The average molecular weight is 268 g/mol. The number of anilines is 1. The molecule has 7 heteroatoms. The third kappa shape index (κ3) is 2.72. The molecule has 3 aromatic rings. The molecular weight excluding hydrogens is 256 g/mol. The zero-order valence-corrected chi connectivity index (χ0v) is 10.5. The van der Waals surface area contributed by atoms with Crippen LogP contribution in [0.1, 0.15) is 0 Å². The lowest BCUT2D eigenvalue weighted by atomic mass is 10.5. The molecule has 1 N–H and O–H groups in total. The molecule has 0 spiro atoms. The number of nitrogens with one attached hydrogen (secondary N) is 1.